The van der Waals surface area contributed by atoms with E-state index in [9.17, 15) is 22.4 Å². The third-order valence-corrected chi connectivity index (χ3v) is 5.24. The van der Waals surface area contributed by atoms with E-state index in [0.29, 0.717) is 35.5 Å². The molecule has 0 bridgehead atoms. The van der Waals surface area contributed by atoms with Gasteiger partial charge in [-0.15, -0.1) is 0 Å². The van der Waals surface area contributed by atoms with Crippen LogP contribution in [0.1, 0.15) is 47.4 Å². The summed E-state index contributed by atoms with van der Waals surface area (Å²) in [6.45, 7) is 3.46. The predicted molar refractivity (Wildman–Crippen MR) is 94.5 cm³/mol. The van der Waals surface area contributed by atoms with Crippen molar-refractivity contribution in [1.29, 1.82) is 0 Å². The van der Waals surface area contributed by atoms with Gasteiger partial charge in [-0.25, -0.2) is 4.39 Å². The number of nitrogens with one attached hydrogen (secondary N) is 1. The van der Waals surface area contributed by atoms with Crippen molar-refractivity contribution in [2.45, 2.75) is 51.7 Å². The second-order valence-electron chi connectivity index (χ2n) is 7.15. The molecular weight excluding hydrogens is 360 g/mol. The minimum absolute atomic E-state index is 0.0959. The molecule has 1 aromatic heterocycles. The second-order valence-corrected chi connectivity index (χ2v) is 7.15. The van der Waals surface area contributed by atoms with Crippen LogP contribution in [-0.4, -0.2) is 22.7 Å². The van der Waals surface area contributed by atoms with Crippen molar-refractivity contribution < 1.29 is 22.4 Å². The average Bonchev–Trinajstić information content (AvgIpc) is 2.90. The standard InChI is InChI=1S/C20H22F4N2O/c1-12-10-16(13(2)26(12)18-9-4-3-8-17(18)21)19(27)25-15-7-5-6-14(11-15)20(22,23)24/h3-4,8-10,14-15H,5-7,11H2,1-2H3,(H,25,27). The van der Waals surface area contributed by atoms with Crippen molar-refractivity contribution in [3.8, 4) is 5.69 Å². The zero-order valence-electron chi connectivity index (χ0n) is 15.2. The maximum atomic E-state index is 14.1. The number of hydrogen-bond acceptors (Lipinski definition) is 1. The Morgan fingerprint density at radius 3 is 2.56 bits per heavy atom. The second kappa shape index (κ2) is 7.37. The minimum Gasteiger partial charge on any atom is -0.349 e. The Kier molecular flexibility index (Phi) is 5.31. The van der Waals surface area contributed by atoms with Crippen LogP contribution in [0.2, 0.25) is 0 Å². The summed E-state index contributed by atoms with van der Waals surface area (Å²) in [7, 11) is 0. The summed E-state index contributed by atoms with van der Waals surface area (Å²) in [5, 5.41) is 2.74. The molecule has 2 atom stereocenters. The van der Waals surface area contributed by atoms with Gasteiger partial charge in [-0.1, -0.05) is 18.6 Å². The number of benzene rings is 1. The number of amides is 1. The maximum absolute atomic E-state index is 14.1. The van der Waals surface area contributed by atoms with Gasteiger partial charge < -0.3 is 9.88 Å². The lowest BCUT2D eigenvalue weighted by Gasteiger charge is -2.31. The van der Waals surface area contributed by atoms with Crippen LogP contribution in [-0.2, 0) is 0 Å². The van der Waals surface area contributed by atoms with E-state index in [1.807, 2.05) is 0 Å². The summed E-state index contributed by atoms with van der Waals surface area (Å²) in [6, 6.07) is 7.38. The molecule has 146 valence electrons. The summed E-state index contributed by atoms with van der Waals surface area (Å²) in [5.41, 5.74) is 1.92. The van der Waals surface area contributed by atoms with Crippen molar-refractivity contribution >= 4 is 5.91 Å². The molecule has 3 rings (SSSR count). The Hall–Kier alpha value is -2.31. The molecule has 0 radical (unpaired) electrons. The number of aryl methyl sites for hydroxylation is 1. The van der Waals surface area contributed by atoms with Crippen LogP contribution >= 0.6 is 0 Å². The summed E-state index contributed by atoms with van der Waals surface area (Å²) in [4.78, 5) is 12.7. The molecule has 1 aromatic carbocycles. The minimum atomic E-state index is -4.23. The number of rotatable bonds is 3. The molecule has 3 nitrogen and oxygen atoms in total. The fraction of sp³-hybridized carbons (Fsp3) is 0.450. The van der Waals surface area contributed by atoms with E-state index in [4.69, 9.17) is 0 Å². The number of alkyl halides is 3. The van der Waals surface area contributed by atoms with Gasteiger partial charge in [0.25, 0.3) is 5.91 Å². The van der Waals surface area contributed by atoms with E-state index in [1.165, 1.54) is 6.07 Å². The van der Waals surface area contributed by atoms with Crippen LogP contribution in [0.15, 0.2) is 30.3 Å². The molecule has 0 aliphatic heterocycles. The van der Waals surface area contributed by atoms with E-state index in [-0.39, 0.29) is 12.8 Å². The van der Waals surface area contributed by atoms with E-state index >= 15 is 0 Å². The lowest BCUT2D eigenvalue weighted by atomic mass is 9.85. The average molecular weight is 382 g/mol. The first-order valence-corrected chi connectivity index (χ1v) is 9.00. The molecule has 1 fully saturated rings. The summed E-state index contributed by atoms with van der Waals surface area (Å²) >= 11 is 0. The lowest BCUT2D eigenvalue weighted by Crippen LogP contribution is -2.41. The highest BCUT2D eigenvalue weighted by molar-refractivity contribution is 5.96. The highest BCUT2D eigenvalue weighted by Gasteiger charge is 2.42. The molecule has 0 spiro atoms. The highest BCUT2D eigenvalue weighted by Crippen LogP contribution is 2.37. The largest absolute Gasteiger partial charge is 0.391 e. The van der Waals surface area contributed by atoms with Gasteiger partial charge in [-0.2, -0.15) is 13.2 Å². The van der Waals surface area contributed by atoms with Crippen LogP contribution in [0.5, 0.6) is 0 Å². The number of nitrogens with zero attached hydrogens (tertiary/aromatic N) is 1. The molecule has 1 aliphatic rings. The molecule has 1 aliphatic carbocycles. The highest BCUT2D eigenvalue weighted by atomic mass is 19.4. The lowest BCUT2D eigenvalue weighted by molar-refractivity contribution is -0.183. The van der Waals surface area contributed by atoms with Crippen LogP contribution in [0.3, 0.4) is 0 Å². The summed E-state index contributed by atoms with van der Waals surface area (Å²) in [6.07, 6.45) is -3.25. The molecule has 27 heavy (non-hydrogen) atoms. The number of para-hydroxylation sites is 1. The molecule has 1 saturated carbocycles. The van der Waals surface area contributed by atoms with Gasteiger partial charge in [0.1, 0.15) is 5.82 Å². The maximum Gasteiger partial charge on any atom is 0.391 e. The predicted octanol–water partition coefficient (Wildman–Crippen LogP) is 5.08. The van der Waals surface area contributed by atoms with Gasteiger partial charge in [-0.05, 0) is 51.3 Å². The number of hydrogen-bond donors (Lipinski definition) is 1. The molecule has 2 aromatic rings. The van der Waals surface area contributed by atoms with Gasteiger partial charge in [0.05, 0.1) is 17.2 Å². The zero-order chi connectivity index (χ0) is 19.8. The number of halogens is 4. The van der Waals surface area contributed by atoms with E-state index < -0.39 is 29.9 Å². The number of aromatic nitrogens is 1. The Labute approximate surface area is 155 Å². The Bertz CT molecular complexity index is 841. The van der Waals surface area contributed by atoms with Crippen LogP contribution in [0, 0.1) is 25.6 Å². The fourth-order valence-corrected chi connectivity index (χ4v) is 3.88. The molecule has 1 amide bonds. The third kappa shape index (κ3) is 4.01. The van der Waals surface area contributed by atoms with Crippen molar-refractivity contribution in [2.24, 2.45) is 5.92 Å². The number of carbonyl (C=O) groups excluding carboxylic acids is 1. The number of carbonyl (C=O) groups is 1. The normalized spacial score (nSPS) is 20.5. The molecular formula is C20H22F4N2O. The SMILES string of the molecule is Cc1cc(C(=O)NC2CCCC(C(F)(F)F)C2)c(C)n1-c1ccccc1F. The van der Waals surface area contributed by atoms with Gasteiger partial charge in [0, 0.05) is 17.4 Å². The van der Waals surface area contributed by atoms with Crippen molar-refractivity contribution in [3.63, 3.8) is 0 Å². The first-order valence-electron chi connectivity index (χ1n) is 9.00. The Morgan fingerprint density at radius 2 is 1.89 bits per heavy atom. The molecule has 1 heterocycles. The monoisotopic (exact) mass is 382 g/mol. The molecule has 1 N–H and O–H groups in total. The first kappa shape index (κ1) is 19.5. The first-order chi connectivity index (χ1) is 12.7. The van der Waals surface area contributed by atoms with Crippen LogP contribution in [0.4, 0.5) is 17.6 Å². The third-order valence-electron chi connectivity index (χ3n) is 5.24. The van der Waals surface area contributed by atoms with Gasteiger partial charge >= 0.3 is 6.18 Å². The topological polar surface area (TPSA) is 34.0 Å². The van der Waals surface area contributed by atoms with E-state index in [2.05, 4.69) is 5.32 Å². The van der Waals surface area contributed by atoms with Crippen molar-refractivity contribution in [1.82, 2.24) is 9.88 Å². The van der Waals surface area contributed by atoms with Crippen LogP contribution in [0.25, 0.3) is 5.69 Å². The van der Waals surface area contributed by atoms with Crippen molar-refractivity contribution in [2.75, 3.05) is 0 Å². The molecule has 0 saturated heterocycles. The molecule has 7 heteroatoms. The molecule has 2 unspecified atom stereocenters. The zero-order valence-corrected chi connectivity index (χ0v) is 15.2. The Morgan fingerprint density at radius 1 is 1.19 bits per heavy atom. The van der Waals surface area contributed by atoms with Crippen molar-refractivity contribution in [3.05, 3.63) is 53.1 Å². The van der Waals surface area contributed by atoms with Gasteiger partial charge in [0.2, 0.25) is 0 Å². The van der Waals surface area contributed by atoms with Gasteiger partial charge in [0.15, 0.2) is 0 Å². The summed E-state index contributed by atoms with van der Waals surface area (Å²) in [5.74, 6) is -2.20. The fourth-order valence-electron chi connectivity index (χ4n) is 3.88. The van der Waals surface area contributed by atoms with E-state index in [0.717, 1.165) is 0 Å². The smallest absolute Gasteiger partial charge is 0.349 e. The van der Waals surface area contributed by atoms with Crippen LogP contribution < -0.4 is 5.32 Å². The van der Waals surface area contributed by atoms with Gasteiger partial charge in [-0.3, -0.25) is 4.79 Å². The Balaban J connectivity index is 1.80. The van der Waals surface area contributed by atoms with E-state index in [1.54, 1.807) is 42.7 Å². The quantitative estimate of drug-likeness (QED) is 0.738. The summed E-state index contributed by atoms with van der Waals surface area (Å²) < 4.78 is 54.7.